The number of amidine groups is 1. The molecule has 0 radical (unpaired) electrons. The van der Waals surface area contributed by atoms with Crippen LogP contribution in [0.3, 0.4) is 0 Å². The van der Waals surface area contributed by atoms with Gasteiger partial charge in [-0.15, -0.1) is 0 Å². The molecule has 0 spiro atoms. The molecule has 4 N–H and O–H groups in total. The summed E-state index contributed by atoms with van der Waals surface area (Å²) in [6, 6.07) is -0.194. The molecule has 6 nitrogen and oxygen atoms in total. The summed E-state index contributed by atoms with van der Waals surface area (Å²) in [5.41, 5.74) is 5.23. The van der Waals surface area contributed by atoms with Gasteiger partial charge < -0.3 is 5.73 Å². The van der Waals surface area contributed by atoms with Gasteiger partial charge in [0.25, 0.3) is 10.2 Å². The van der Waals surface area contributed by atoms with E-state index < -0.39 is 10.2 Å². The van der Waals surface area contributed by atoms with Crippen molar-refractivity contribution in [2.75, 3.05) is 7.05 Å². The van der Waals surface area contributed by atoms with Crippen LogP contribution in [0, 0.1) is 5.41 Å². The van der Waals surface area contributed by atoms with Crippen molar-refractivity contribution < 1.29 is 8.42 Å². The van der Waals surface area contributed by atoms with Crippen LogP contribution in [0.25, 0.3) is 0 Å². The highest BCUT2D eigenvalue weighted by Crippen LogP contribution is 2.21. The minimum Gasteiger partial charge on any atom is -0.388 e. The van der Waals surface area contributed by atoms with Crippen LogP contribution < -0.4 is 10.5 Å². The van der Waals surface area contributed by atoms with Crippen molar-refractivity contribution in [2.45, 2.75) is 38.3 Å². The largest absolute Gasteiger partial charge is 0.388 e. The topological polar surface area (TPSA) is 99.3 Å². The molecule has 0 bridgehead atoms. The fourth-order valence-corrected chi connectivity index (χ4v) is 2.55. The number of hydrogen-bond donors (Lipinski definition) is 3. The third-order valence-corrected chi connectivity index (χ3v) is 4.16. The maximum Gasteiger partial charge on any atom is 0.279 e. The van der Waals surface area contributed by atoms with Gasteiger partial charge in [0.2, 0.25) is 0 Å². The van der Waals surface area contributed by atoms with Crippen molar-refractivity contribution in [2.24, 2.45) is 5.73 Å². The second kappa shape index (κ2) is 4.46. The molecule has 1 aliphatic rings. The van der Waals surface area contributed by atoms with Crippen LogP contribution in [0.1, 0.15) is 26.2 Å². The number of nitrogens with zero attached hydrogens (tertiary/aromatic N) is 1. The van der Waals surface area contributed by atoms with Crippen molar-refractivity contribution in [3.8, 4) is 0 Å². The molecule has 7 heteroatoms. The van der Waals surface area contributed by atoms with Crippen LogP contribution in [0.5, 0.6) is 0 Å². The zero-order valence-corrected chi connectivity index (χ0v) is 9.84. The zero-order valence-electron chi connectivity index (χ0n) is 9.03. The van der Waals surface area contributed by atoms with Crippen LogP contribution in [0.2, 0.25) is 0 Å². The summed E-state index contributed by atoms with van der Waals surface area (Å²) in [4.78, 5) is 0. The van der Waals surface area contributed by atoms with E-state index >= 15 is 0 Å². The Morgan fingerprint density at radius 2 is 2.20 bits per heavy atom. The van der Waals surface area contributed by atoms with Gasteiger partial charge in [-0.25, -0.2) is 0 Å². The first-order valence-corrected chi connectivity index (χ1v) is 6.35. The lowest BCUT2D eigenvalue weighted by Gasteiger charge is -2.23. The second-order valence-corrected chi connectivity index (χ2v) is 5.75. The third-order valence-electron chi connectivity index (χ3n) is 2.41. The monoisotopic (exact) mass is 234 g/mol. The van der Waals surface area contributed by atoms with Crippen LogP contribution >= 0.6 is 0 Å². The van der Waals surface area contributed by atoms with Gasteiger partial charge in [0, 0.05) is 25.6 Å². The summed E-state index contributed by atoms with van der Waals surface area (Å²) in [5, 5.41) is 7.11. The number of nitrogens with one attached hydrogen (secondary N) is 2. The van der Waals surface area contributed by atoms with E-state index in [0.29, 0.717) is 0 Å². The maximum atomic E-state index is 11.7. The maximum absolute atomic E-state index is 11.7. The normalized spacial score (nSPS) is 19.1. The molecule has 1 rings (SSSR count). The lowest BCUT2D eigenvalue weighted by Crippen LogP contribution is -2.44. The van der Waals surface area contributed by atoms with Gasteiger partial charge in [-0.1, -0.05) is 0 Å². The Morgan fingerprint density at radius 3 is 2.60 bits per heavy atom. The molecule has 0 aromatic carbocycles. The Bertz CT molecular complexity index is 337. The van der Waals surface area contributed by atoms with Gasteiger partial charge in [-0.3, -0.25) is 5.41 Å². The zero-order chi connectivity index (χ0) is 11.6. The lowest BCUT2D eigenvalue weighted by molar-refractivity contribution is 0.388. The summed E-state index contributed by atoms with van der Waals surface area (Å²) >= 11 is 0. The van der Waals surface area contributed by atoms with E-state index in [4.69, 9.17) is 11.1 Å². The molecule has 0 amide bonds. The number of hydrogen-bond acceptors (Lipinski definition) is 3. The summed E-state index contributed by atoms with van der Waals surface area (Å²) in [6.07, 6.45) is 2.07. The predicted octanol–water partition coefficient (Wildman–Crippen LogP) is -0.370. The molecule has 1 unspecified atom stereocenters. The Morgan fingerprint density at radius 1 is 1.67 bits per heavy atom. The molecule has 0 aromatic heterocycles. The van der Waals surface area contributed by atoms with Gasteiger partial charge in [-0.05, 0) is 19.8 Å². The first-order chi connectivity index (χ1) is 6.83. The first-order valence-electron chi connectivity index (χ1n) is 4.91. The molecular weight excluding hydrogens is 216 g/mol. The standard InChI is InChI=1S/C8H18N4O2S/c1-6(5-8(9)10)12(2)15(13,14)11-7-3-4-7/h6-7,11H,3-5H2,1-2H3,(H3,9,10). The van der Waals surface area contributed by atoms with E-state index in [9.17, 15) is 8.42 Å². The minimum absolute atomic E-state index is 0.00373. The predicted molar refractivity (Wildman–Crippen MR) is 58.8 cm³/mol. The summed E-state index contributed by atoms with van der Waals surface area (Å²) in [6.45, 7) is 1.73. The quantitative estimate of drug-likeness (QED) is 0.432. The highest BCUT2D eigenvalue weighted by atomic mass is 32.2. The van der Waals surface area contributed by atoms with Gasteiger partial charge in [0.05, 0.1) is 5.84 Å². The molecule has 0 saturated heterocycles. The average molecular weight is 234 g/mol. The second-order valence-electron chi connectivity index (χ2n) is 3.99. The minimum atomic E-state index is -3.41. The number of nitrogens with two attached hydrogens (primary N) is 1. The molecule has 1 aliphatic carbocycles. The Hall–Kier alpha value is -0.660. The summed E-state index contributed by atoms with van der Waals surface area (Å²) in [5.74, 6) is -0.00373. The lowest BCUT2D eigenvalue weighted by atomic mass is 10.2. The average Bonchev–Trinajstić information content (AvgIpc) is 2.84. The Labute approximate surface area is 90.5 Å². The van der Waals surface area contributed by atoms with E-state index in [1.165, 1.54) is 11.4 Å². The first kappa shape index (κ1) is 12.4. The van der Waals surface area contributed by atoms with E-state index in [2.05, 4.69) is 4.72 Å². The number of rotatable bonds is 6. The van der Waals surface area contributed by atoms with Gasteiger partial charge in [0.1, 0.15) is 0 Å². The van der Waals surface area contributed by atoms with E-state index in [0.717, 1.165) is 12.8 Å². The van der Waals surface area contributed by atoms with Crippen LogP contribution in [0.15, 0.2) is 0 Å². The molecule has 0 aromatic rings. The van der Waals surface area contributed by atoms with Crippen LogP contribution in [-0.4, -0.2) is 37.7 Å². The van der Waals surface area contributed by atoms with Crippen LogP contribution in [0.4, 0.5) is 0 Å². The molecule has 88 valence electrons. The Kier molecular flexibility index (Phi) is 3.69. The molecule has 1 atom stereocenters. The molecule has 1 saturated carbocycles. The SMILES string of the molecule is CC(CC(=N)N)N(C)S(=O)(=O)NC1CC1. The molecular formula is C8H18N4O2S. The summed E-state index contributed by atoms with van der Waals surface area (Å²) in [7, 11) is -1.91. The van der Waals surface area contributed by atoms with E-state index in [1.807, 2.05) is 0 Å². The third kappa shape index (κ3) is 3.77. The van der Waals surface area contributed by atoms with Crippen molar-refractivity contribution in [3.63, 3.8) is 0 Å². The van der Waals surface area contributed by atoms with Crippen molar-refractivity contribution in [3.05, 3.63) is 0 Å². The van der Waals surface area contributed by atoms with Crippen LogP contribution in [-0.2, 0) is 10.2 Å². The summed E-state index contributed by atoms with van der Waals surface area (Å²) < 4.78 is 27.2. The fraction of sp³-hybridized carbons (Fsp3) is 0.875. The Balaban J connectivity index is 2.56. The molecule has 15 heavy (non-hydrogen) atoms. The van der Waals surface area contributed by atoms with Crippen molar-refractivity contribution in [1.29, 1.82) is 5.41 Å². The molecule has 0 aliphatic heterocycles. The highest BCUT2D eigenvalue weighted by molar-refractivity contribution is 7.87. The smallest absolute Gasteiger partial charge is 0.279 e. The van der Waals surface area contributed by atoms with Gasteiger partial charge >= 0.3 is 0 Å². The van der Waals surface area contributed by atoms with E-state index in [1.54, 1.807) is 6.92 Å². The van der Waals surface area contributed by atoms with E-state index in [-0.39, 0.29) is 24.3 Å². The molecule has 0 heterocycles. The van der Waals surface area contributed by atoms with Crippen molar-refractivity contribution >= 4 is 16.0 Å². The van der Waals surface area contributed by atoms with Gasteiger partial charge in [-0.2, -0.15) is 17.4 Å². The van der Waals surface area contributed by atoms with Gasteiger partial charge in [0.15, 0.2) is 0 Å². The molecule has 1 fully saturated rings. The van der Waals surface area contributed by atoms with Crippen molar-refractivity contribution in [1.82, 2.24) is 9.03 Å². The highest BCUT2D eigenvalue weighted by Gasteiger charge is 2.31. The fourth-order valence-electron chi connectivity index (χ4n) is 1.18.